The smallest absolute Gasteiger partial charge is 0.322 e. The van der Waals surface area contributed by atoms with Crippen molar-refractivity contribution in [1.29, 1.82) is 0 Å². The van der Waals surface area contributed by atoms with Crippen LogP contribution in [0.15, 0.2) is 0 Å². The Bertz CT molecular complexity index is 307. The second kappa shape index (κ2) is 6.31. The fourth-order valence-electron chi connectivity index (χ4n) is 2.55. The standard InChI is InChI=1S/C16H29IO2/c1-11(2)16(6,17)14(18)19-13-9-7-12(8-10-13)15(3,4)5/h11-13H,7-10H2,1-6H3. The van der Waals surface area contributed by atoms with Crippen LogP contribution >= 0.6 is 22.6 Å². The predicted octanol–water partition coefficient (Wildman–Crippen LogP) is 4.98. The van der Waals surface area contributed by atoms with E-state index in [1.54, 1.807) is 0 Å². The summed E-state index contributed by atoms with van der Waals surface area (Å²) in [7, 11) is 0. The Hall–Kier alpha value is 0.200. The van der Waals surface area contributed by atoms with Gasteiger partial charge < -0.3 is 4.74 Å². The number of rotatable bonds is 3. The van der Waals surface area contributed by atoms with Crippen molar-refractivity contribution in [3.8, 4) is 0 Å². The van der Waals surface area contributed by atoms with Crippen LogP contribution in [0.3, 0.4) is 0 Å². The van der Waals surface area contributed by atoms with Gasteiger partial charge >= 0.3 is 5.97 Å². The van der Waals surface area contributed by atoms with Crippen LogP contribution in [0.5, 0.6) is 0 Å². The Kier molecular flexibility index (Phi) is 5.73. The van der Waals surface area contributed by atoms with E-state index in [1.807, 2.05) is 6.92 Å². The Morgan fingerprint density at radius 2 is 1.58 bits per heavy atom. The van der Waals surface area contributed by atoms with E-state index < -0.39 is 3.42 Å². The highest BCUT2D eigenvalue weighted by Gasteiger charge is 2.38. The van der Waals surface area contributed by atoms with Crippen LogP contribution in [0.4, 0.5) is 0 Å². The molecule has 19 heavy (non-hydrogen) atoms. The summed E-state index contributed by atoms with van der Waals surface area (Å²) >= 11 is 2.23. The van der Waals surface area contributed by atoms with Crippen molar-refractivity contribution in [3.63, 3.8) is 0 Å². The van der Waals surface area contributed by atoms with Gasteiger partial charge in [-0.15, -0.1) is 0 Å². The topological polar surface area (TPSA) is 26.3 Å². The van der Waals surface area contributed by atoms with Crippen molar-refractivity contribution >= 4 is 28.6 Å². The van der Waals surface area contributed by atoms with Crippen molar-refractivity contribution in [2.24, 2.45) is 17.3 Å². The lowest BCUT2D eigenvalue weighted by Gasteiger charge is -2.37. The van der Waals surface area contributed by atoms with E-state index in [1.165, 1.54) is 12.8 Å². The van der Waals surface area contributed by atoms with Crippen LogP contribution < -0.4 is 0 Å². The third-order valence-corrected chi connectivity index (χ3v) is 6.34. The first-order valence-electron chi connectivity index (χ1n) is 7.45. The van der Waals surface area contributed by atoms with Gasteiger partial charge in [-0.2, -0.15) is 0 Å². The quantitative estimate of drug-likeness (QED) is 0.392. The molecule has 0 spiro atoms. The molecule has 3 heteroatoms. The molecule has 0 bridgehead atoms. The SMILES string of the molecule is CC(C)C(C)(I)C(=O)OC1CCC(C(C)(C)C)CC1. The Morgan fingerprint density at radius 3 is 1.95 bits per heavy atom. The van der Waals surface area contributed by atoms with Crippen LogP contribution in [-0.2, 0) is 9.53 Å². The minimum absolute atomic E-state index is 0.0395. The number of halogens is 1. The summed E-state index contributed by atoms with van der Waals surface area (Å²) in [5.41, 5.74) is 0.380. The fraction of sp³-hybridized carbons (Fsp3) is 0.938. The van der Waals surface area contributed by atoms with Gasteiger partial charge in [0.2, 0.25) is 0 Å². The molecule has 2 nitrogen and oxygen atoms in total. The summed E-state index contributed by atoms with van der Waals surface area (Å²) in [6.45, 7) is 13.1. The average molecular weight is 380 g/mol. The summed E-state index contributed by atoms with van der Waals surface area (Å²) < 4.78 is 5.33. The highest BCUT2D eigenvalue weighted by Crippen LogP contribution is 2.39. The van der Waals surface area contributed by atoms with Crippen molar-refractivity contribution in [3.05, 3.63) is 0 Å². The third kappa shape index (κ3) is 4.61. The Morgan fingerprint density at radius 1 is 1.11 bits per heavy atom. The first-order chi connectivity index (χ1) is 8.55. The van der Waals surface area contributed by atoms with Crippen molar-refractivity contribution in [2.45, 2.75) is 76.8 Å². The molecule has 1 atom stereocenters. The molecular weight excluding hydrogens is 351 g/mol. The molecule has 0 saturated heterocycles. The molecule has 1 unspecified atom stereocenters. The maximum absolute atomic E-state index is 12.2. The maximum atomic E-state index is 12.2. The summed E-state index contributed by atoms with van der Waals surface area (Å²) in [5.74, 6) is 1.02. The van der Waals surface area contributed by atoms with Gasteiger partial charge in [0.05, 0.1) is 0 Å². The van der Waals surface area contributed by atoms with Crippen LogP contribution in [0.2, 0.25) is 0 Å². The summed E-state index contributed by atoms with van der Waals surface area (Å²) in [5, 5.41) is 0. The molecule has 1 rings (SSSR count). The van der Waals surface area contributed by atoms with Gasteiger partial charge in [0.15, 0.2) is 0 Å². The minimum atomic E-state index is -0.404. The highest BCUT2D eigenvalue weighted by molar-refractivity contribution is 14.1. The molecule has 1 aliphatic rings. The van der Waals surface area contributed by atoms with Gasteiger partial charge in [0.1, 0.15) is 9.53 Å². The maximum Gasteiger partial charge on any atom is 0.322 e. The van der Waals surface area contributed by atoms with Crippen LogP contribution in [0.25, 0.3) is 0 Å². The minimum Gasteiger partial charge on any atom is -0.461 e. The zero-order valence-electron chi connectivity index (χ0n) is 13.3. The van der Waals surface area contributed by atoms with E-state index in [4.69, 9.17) is 4.74 Å². The number of alkyl halides is 1. The van der Waals surface area contributed by atoms with E-state index in [-0.39, 0.29) is 12.1 Å². The van der Waals surface area contributed by atoms with Crippen LogP contribution in [0, 0.1) is 17.3 Å². The predicted molar refractivity (Wildman–Crippen MR) is 88.6 cm³/mol. The van der Waals surface area contributed by atoms with Gasteiger partial charge in [-0.05, 0) is 49.9 Å². The van der Waals surface area contributed by atoms with Crippen molar-refractivity contribution in [2.75, 3.05) is 0 Å². The molecule has 0 aliphatic heterocycles. The van der Waals surface area contributed by atoms with E-state index in [9.17, 15) is 4.79 Å². The normalized spacial score (nSPS) is 28.0. The van der Waals surface area contributed by atoms with Gasteiger partial charge in [-0.25, -0.2) is 0 Å². The lowest BCUT2D eigenvalue weighted by atomic mass is 9.72. The number of esters is 1. The molecule has 1 aliphatic carbocycles. The van der Waals surface area contributed by atoms with Crippen LogP contribution in [-0.4, -0.2) is 15.5 Å². The largest absolute Gasteiger partial charge is 0.461 e. The number of hydrogen-bond donors (Lipinski definition) is 0. The zero-order valence-corrected chi connectivity index (χ0v) is 15.4. The molecule has 0 heterocycles. The molecule has 112 valence electrons. The van der Waals surface area contributed by atoms with E-state index in [0.717, 1.165) is 18.8 Å². The first-order valence-corrected chi connectivity index (χ1v) is 8.53. The Labute approximate surface area is 132 Å². The van der Waals surface area contributed by atoms with E-state index in [0.29, 0.717) is 11.3 Å². The summed E-state index contributed by atoms with van der Waals surface area (Å²) in [6.07, 6.45) is 4.55. The highest BCUT2D eigenvalue weighted by atomic mass is 127. The molecule has 0 aromatic heterocycles. The monoisotopic (exact) mass is 380 g/mol. The lowest BCUT2D eigenvalue weighted by molar-refractivity contribution is -0.154. The van der Waals surface area contributed by atoms with Crippen molar-refractivity contribution in [1.82, 2.24) is 0 Å². The molecule has 0 N–H and O–H groups in total. The molecule has 0 amide bonds. The van der Waals surface area contributed by atoms with Gasteiger partial charge in [0, 0.05) is 0 Å². The van der Waals surface area contributed by atoms with Gasteiger partial charge in [0.25, 0.3) is 0 Å². The summed E-state index contributed by atoms with van der Waals surface area (Å²) in [4.78, 5) is 12.2. The third-order valence-electron chi connectivity index (χ3n) is 4.66. The zero-order chi connectivity index (χ0) is 14.8. The second-order valence-electron chi connectivity index (χ2n) is 7.48. The van der Waals surface area contributed by atoms with Crippen LogP contribution in [0.1, 0.15) is 67.2 Å². The van der Waals surface area contributed by atoms with E-state index in [2.05, 4.69) is 57.2 Å². The first kappa shape index (κ1) is 17.3. The molecule has 0 aromatic rings. The Balaban J connectivity index is 2.48. The average Bonchev–Trinajstić information content (AvgIpc) is 2.28. The number of hydrogen-bond acceptors (Lipinski definition) is 2. The lowest BCUT2D eigenvalue weighted by Crippen LogP contribution is -2.39. The van der Waals surface area contributed by atoms with Crippen molar-refractivity contribution < 1.29 is 9.53 Å². The molecule has 0 aromatic carbocycles. The molecule has 1 fully saturated rings. The summed E-state index contributed by atoms with van der Waals surface area (Å²) in [6, 6.07) is 0. The molecule has 1 saturated carbocycles. The number of carbonyl (C=O) groups excluding carboxylic acids is 1. The second-order valence-corrected chi connectivity index (χ2v) is 9.72. The van der Waals surface area contributed by atoms with E-state index >= 15 is 0 Å². The van der Waals surface area contributed by atoms with Gasteiger partial charge in [-0.3, -0.25) is 4.79 Å². The fourth-order valence-corrected chi connectivity index (χ4v) is 2.68. The van der Waals surface area contributed by atoms with Gasteiger partial charge in [-0.1, -0.05) is 57.2 Å². The number of ether oxygens (including phenoxy) is 1. The molecule has 0 radical (unpaired) electrons. The molecular formula is C16H29IO2. The number of carbonyl (C=O) groups is 1.